The van der Waals surface area contributed by atoms with Gasteiger partial charge in [0.1, 0.15) is 5.82 Å². The van der Waals surface area contributed by atoms with Crippen molar-refractivity contribution >= 4 is 17.4 Å². The van der Waals surface area contributed by atoms with E-state index in [1.54, 1.807) is 24.0 Å². The average molecular weight is 266 g/mol. The number of ether oxygens (including phenoxy) is 2. The maximum Gasteiger partial charge on any atom is 0.231 e. The normalized spacial score (nSPS) is 13.1. The highest BCUT2D eigenvalue weighted by atomic mass is 35.5. The van der Waals surface area contributed by atoms with Crippen LogP contribution in [0.25, 0.3) is 11.1 Å². The number of benzene rings is 1. The first-order valence-corrected chi connectivity index (χ1v) is 5.84. The van der Waals surface area contributed by atoms with Crippen LogP contribution in [-0.4, -0.2) is 16.6 Å². The second-order valence-corrected chi connectivity index (χ2v) is 4.57. The molecule has 0 unspecified atom stereocenters. The fourth-order valence-electron chi connectivity index (χ4n) is 2.14. The Morgan fingerprint density at radius 2 is 2.22 bits per heavy atom. The standard InChI is InChI=1S/C12H12ClN3O2/c1-6-10(7-4-15-16(2)12(7)14)8(13)3-9-11(6)18-5-17-9/h3-4H,5,14H2,1-2H3. The molecule has 2 heterocycles. The molecule has 1 aromatic heterocycles. The molecule has 3 rings (SSSR count). The molecule has 0 amide bonds. The summed E-state index contributed by atoms with van der Waals surface area (Å²) in [4.78, 5) is 0. The Kier molecular flexibility index (Phi) is 2.38. The zero-order valence-corrected chi connectivity index (χ0v) is 10.8. The van der Waals surface area contributed by atoms with Crippen LogP contribution in [0.15, 0.2) is 12.3 Å². The molecule has 1 aromatic carbocycles. The van der Waals surface area contributed by atoms with Crippen molar-refractivity contribution in [2.75, 3.05) is 12.5 Å². The number of hydrogen-bond donors (Lipinski definition) is 1. The van der Waals surface area contributed by atoms with Gasteiger partial charge in [0.05, 0.1) is 11.2 Å². The molecule has 0 saturated carbocycles. The smallest absolute Gasteiger partial charge is 0.231 e. The van der Waals surface area contributed by atoms with Gasteiger partial charge < -0.3 is 15.2 Å². The Balaban J connectivity index is 2.27. The number of nitrogens with zero attached hydrogens (tertiary/aromatic N) is 2. The Hall–Kier alpha value is -1.88. The van der Waals surface area contributed by atoms with Crippen LogP contribution >= 0.6 is 11.6 Å². The Morgan fingerprint density at radius 3 is 2.89 bits per heavy atom. The van der Waals surface area contributed by atoms with Crippen LogP contribution in [0, 0.1) is 6.92 Å². The van der Waals surface area contributed by atoms with E-state index in [1.807, 2.05) is 6.92 Å². The molecule has 2 N–H and O–H groups in total. The van der Waals surface area contributed by atoms with Gasteiger partial charge in [0.2, 0.25) is 6.79 Å². The molecule has 1 aliphatic rings. The van der Waals surface area contributed by atoms with Crippen molar-refractivity contribution < 1.29 is 9.47 Å². The summed E-state index contributed by atoms with van der Waals surface area (Å²) in [6.07, 6.45) is 1.70. The summed E-state index contributed by atoms with van der Waals surface area (Å²) in [7, 11) is 1.79. The van der Waals surface area contributed by atoms with Gasteiger partial charge >= 0.3 is 0 Å². The molecule has 2 aromatic rings. The third kappa shape index (κ3) is 1.44. The molecule has 0 radical (unpaired) electrons. The minimum atomic E-state index is 0.221. The van der Waals surface area contributed by atoms with E-state index in [0.29, 0.717) is 16.6 Å². The predicted octanol–water partition coefficient (Wildman–Crippen LogP) is 2.36. The second-order valence-electron chi connectivity index (χ2n) is 4.16. The lowest BCUT2D eigenvalue weighted by Crippen LogP contribution is -1.99. The van der Waals surface area contributed by atoms with Gasteiger partial charge in [-0.2, -0.15) is 5.10 Å². The number of halogens is 1. The average Bonchev–Trinajstić information content (AvgIpc) is 2.90. The molecular weight excluding hydrogens is 254 g/mol. The highest BCUT2D eigenvalue weighted by molar-refractivity contribution is 6.34. The lowest BCUT2D eigenvalue weighted by Gasteiger charge is -2.10. The monoisotopic (exact) mass is 265 g/mol. The van der Waals surface area contributed by atoms with Crippen molar-refractivity contribution in [3.8, 4) is 22.6 Å². The number of hydrogen-bond acceptors (Lipinski definition) is 4. The molecule has 0 bridgehead atoms. The summed E-state index contributed by atoms with van der Waals surface area (Å²) in [5, 5.41) is 4.71. The zero-order valence-electron chi connectivity index (χ0n) is 10.0. The minimum absolute atomic E-state index is 0.221. The van der Waals surface area contributed by atoms with E-state index in [0.717, 1.165) is 22.4 Å². The summed E-state index contributed by atoms with van der Waals surface area (Å²) >= 11 is 6.30. The van der Waals surface area contributed by atoms with Gasteiger partial charge in [-0.25, -0.2) is 0 Å². The van der Waals surface area contributed by atoms with Crippen LogP contribution in [0.4, 0.5) is 5.82 Å². The van der Waals surface area contributed by atoms with Crippen LogP contribution < -0.4 is 15.2 Å². The van der Waals surface area contributed by atoms with Gasteiger partial charge in [-0.05, 0) is 6.92 Å². The van der Waals surface area contributed by atoms with Gasteiger partial charge in [-0.1, -0.05) is 11.6 Å². The summed E-state index contributed by atoms with van der Waals surface area (Å²) in [6, 6.07) is 1.75. The molecule has 0 fully saturated rings. The van der Waals surface area contributed by atoms with E-state index in [9.17, 15) is 0 Å². The predicted molar refractivity (Wildman–Crippen MR) is 68.9 cm³/mol. The van der Waals surface area contributed by atoms with E-state index >= 15 is 0 Å². The SMILES string of the molecule is Cc1c2c(cc(Cl)c1-c1cnn(C)c1N)OCO2. The Labute approximate surface area is 109 Å². The van der Waals surface area contributed by atoms with Gasteiger partial charge in [-0.3, -0.25) is 4.68 Å². The fraction of sp³-hybridized carbons (Fsp3) is 0.250. The topological polar surface area (TPSA) is 62.3 Å². The second kappa shape index (κ2) is 3.81. The zero-order chi connectivity index (χ0) is 12.9. The van der Waals surface area contributed by atoms with Crippen molar-refractivity contribution in [1.29, 1.82) is 0 Å². The van der Waals surface area contributed by atoms with E-state index < -0.39 is 0 Å². The van der Waals surface area contributed by atoms with Gasteiger partial charge in [0.15, 0.2) is 11.5 Å². The molecule has 0 saturated heterocycles. The Morgan fingerprint density at radius 1 is 1.44 bits per heavy atom. The first-order valence-electron chi connectivity index (χ1n) is 5.46. The largest absolute Gasteiger partial charge is 0.454 e. The maximum atomic E-state index is 6.30. The van der Waals surface area contributed by atoms with E-state index in [1.165, 1.54) is 0 Å². The van der Waals surface area contributed by atoms with Crippen molar-refractivity contribution in [3.05, 3.63) is 22.8 Å². The van der Waals surface area contributed by atoms with Crippen molar-refractivity contribution in [2.45, 2.75) is 6.92 Å². The van der Waals surface area contributed by atoms with Gasteiger partial charge in [0, 0.05) is 29.8 Å². The highest BCUT2D eigenvalue weighted by Crippen LogP contribution is 2.45. The summed E-state index contributed by atoms with van der Waals surface area (Å²) in [5.74, 6) is 1.96. The van der Waals surface area contributed by atoms with Crippen molar-refractivity contribution in [3.63, 3.8) is 0 Å². The minimum Gasteiger partial charge on any atom is -0.454 e. The van der Waals surface area contributed by atoms with Gasteiger partial charge in [-0.15, -0.1) is 0 Å². The summed E-state index contributed by atoms with van der Waals surface area (Å²) in [5.41, 5.74) is 8.54. The van der Waals surface area contributed by atoms with Crippen LogP contribution in [0.2, 0.25) is 5.02 Å². The number of aryl methyl sites for hydroxylation is 1. The van der Waals surface area contributed by atoms with Crippen LogP contribution in [-0.2, 0) is 7.05 Å². The number of aromatic nitrogens is 2. The third-order valence-electron chi connectivity index (χ3n) is 3.11. The van der Waals surface area contributed by atoms with E-state index in [4.69, 9.17) is 26.8 Å². The number of nitrogen functional groups attached to an aromatic ring is 1. The van der Waals surface area contributed by atoms with Gasteiger partial charge in [0.25, 0.3) is 0 Å². The molecule has 0 atom stereocenters. The lowest BCUT2D eigenvalue weighted by molar-refractivity contribution is 0.173. The molecule has 0 spiro atoms. The molecule has 6 heteroatoms. The number of nitrogens with two attached hydrogens (primary N) is 1. The van der Waals surface area contributed by atoms with Crippen LogP contribution in [0.3, 0.4) is 0 Å². The van der Waals surface area contributed by atoms with Crippen molar-refractivity contribution in [2.24, 2.45) is 7.05 Å². The van der Waals surface area contributed by atoms with E-state index in [-0.39, 0.29) is 6.79 Å². The molecule has 0 aliphatic carbocycles. The molecule has 5 nitrogen and oxygen atoms in total. The summed E-state index contributed by atoms with van der Waals surface area (Å²) < 4.78 is 12.4. The molecule has 18 heavy (non-hydrogen) atoms. The Bertz CT molecular complexity index is 637. The van der Waals surface area contributed by atoms with Crippen molar-refractivity contribution in [1.82, 2.24) is 9.78 Å². The third-order valence-corrected chi connectivity index (χ3v) is 3.41. The lowest BCUT2D eigenvalue weighted by atomic mass is 10.0. The van der Waals surface area contributed by atoms with Crippen LogP contribution in [0.5, 0.6) is 11.5 Å². The number of fused-ring (bicyclic) bond motifs is 1. The molecule has 94 valence electrons. The van der Waals surface area contributed by atoms with Crippen LogP contribution in [0.1, 0.15) is 5.56 Å². The first-order chi connectivity index (χ1) is 8.59. The maximum absolute atomic E-state index is 6.30. The molecular formula is C12H12ClN3O2. The summed E-state index contributed by atoms with van der Waals surface area (Å²) in [6.45, 7) is 2.15. The number of anilines is 1. The fourth-order valence-corrected chi connectivity index (χ4v) is 2.48. The quantitative estimate of drug-likeness (QED) is 0.860. The number of rotatable bonds is 1. The molecule has 1 aliphatic heterocycles. The first kappa shape index (κ1) is 11.2. The highest BCUT2D eigenvalue weighted by Gasteiger charge is 2.23. The van der Waals surface area contributed by atoms with E-state index in [2.05, 4.69) is 5.10 Å².